The van der Waals surface area contributed by atoms with Crippen molar-refractivity contribution in [1.29, 1.82) is 0 Å². The molecule has 1 aromatic heterocycles. The molecule has 0 saturated carbocycles. The van der Waals surface area contributed by atoms with E-state index in [1.165, 1.54) is 10.4 Å². The Bertz CT molecular complexity index is 1200. The van der Waals surface area contributed by atoms with Crippen LogP contribution in [0, 0.1) is 6.92 Å². The number of halogens is 3. The van der Waals surface area contributed by atoms with E-state index in [0.717, 1.165) is 23.3 Å². The molecule has 0 spiro atoms. The van der Waals surface area contributed by atoms with Crippen molar-refractivity contribution >= 4 is 10.0 Å². The van der Waals surface area contributed by atoms with Gasteiger partial charge in [-0.25, -0.2) is 8.42 Å². The van der Waals surface area contributed by atoms with Crippen LogP contribution in [0.25, 0.3) is 11.4 Å². The zero-order chi connectivity index (χ0) is 22.9. The molecule has 1 fully saturated rings. The second kappa shape index (κ2) is 8.64. The van der Waals surface area contributed by atoms with Crippen molar-refractivity contribution in [2.45, 2.75) is 24.5 Å². The number of alkyl halides is 3. The fourth-order valence-corrected chi connectivity index (χ4v) is 4.99. The van der Waals surface area contributed by atoms with E-state index in [0.29, 0.717) is 37.4 Å². The molecular weight excluding hydrogens is 445 g/mol. The molecule has 0 unspecified atom stereocenters. The molecule has 0 atom stereocenters. The Hall–Kier alpha value is -2.76. The zero-order valence-corrected chi connectivity index (χ0v) is 18.0. The zero-order valence-electron chi connectivity index (χ0n) is 17.2. The third-order valence-corrected chi connectivity index (χ3v) is 7.13. The molecule has 0 radical (unpaired) electrons. The molecule has 32 heavy (non-hydrogen) atoms. The van der Waals surface area contributed by atoms with Crippen molar-refractivity contribution in [3.8, 4) is 11.4 Å². The van der Waals surface area contributed by atoms with Gasteiger partial charge in [-0.1, -0.05) is 35.0 Å². The molecule has 2 heterocycles. The minimum Gasteiger partial charge on any atom is -0.338 e. The van der Waals surface area contributed by atoms with Crippen molar-refractivity contribution in [3.05, 3.63) is 65.5 Å². The Labute approximate surface area is 183 Å². The average Bonchev–Trinajstić information content (AvgIpc) is 3.22. The van der Waals surface area contributed by atoms with E-state index < -0.39 is 21.8 Å². The lowest BCUT2D eigenvalue weighted by molar-refractivity contribution is -0.137. The number of nitrogens with zero attached hydrogens (tertiary/aromatic N) is 4. The maximum Gasteiger partial charge on any atom is 0.416 e. The van der Waals surface area contributed by atoms with Gasteiger partial charge >= 0.3 is 6.18 Å². The fourth-order valence-electron chi connectivity index (χ4n) is 3.52. The quantitative estimate of drug-likeness (QED) is 0.572. The molecule has 1 aliphatic heterocycles. The number of piperazine rings is 1. The van der Waals surface area contributed by atoms with Crippen molar-refractivity contribution in [3.63, 3.8) is 0 Å². The van der Waals surface area contributed by atoms with Crippen LogP contribution in [-0.4, -0.2) is 53.9 Å². The minimum atomic E-state index is -4.61. The minimum absolute atomic E-state index is 0.150. The number of sulfonamides is 1. The highest BCUT2D eigenvalue weighted by Crippen LogP contribution is 2.31. The van der Waals surface area contributed by atoms with Crippen molar-refractivity contribution < 1.29 is 26.1 Å². The van der Waals surface area contributed by atoms with Crippen LogP contribution in [0.2, 0.25) is 0 Å². The van der Waals surface area contributed by atoms with Gasteiger partial charge in [-0.05, 0) is 31.2 Å². The molecule has 2 aromatic carbocycles. The molecule has 7 nitrogen and oxygen atoms in total. The predicted octanol–water partition coefficient (Wildman–Crippen LogP) is 3.57. The van der Waals surface area contributed by atoms with Gasteiger partial charge in [0.05, 0.1) is 17.0 Å². The molecule has 0 N–H and O–H groups in total. The van der Waals surface area contributed by atoms with Crippen LogP contribution >= 0.6 is 0 Å². The van der Waals surface area contributed by atoms with Gasteiger partial charge in [-0.15, -0.1) is 0 Å². The Kier molecular flexibility index (Phi) is 6.06. The Balaban J connectivity index is 1.39. The van der Waals surface area contributed by atoms with E-state index in [-0.39, 0.29) is 18.0 Å². The Morgan fingerprint density at radius 1 is 1.03 bits per heavy atom. The lowest BCUT2D eigenvalue weighted by Crippen LogP contribution is -2.48. The number of hydrogen-bond acceptors (Lipinski definition) is 6. The van der Waals surface area contributed by atoms with Crippen LogP contribution in [0.3, 0.4) is 0 Å². The third-order valence-electron chi connectivity index (χ3n) is 5.23. The third kappa shape index (κ3) is 4.84. The summed E-state index contributed by atoms with van der Waals surface area (Å²) in [7, 11) is -4.02. The maximum absolute atomic E-state index is 13.0. The monoisotopic (exact) mass is 466 g/mol. The summed E-state index contributed by atoms with van der Waals surface area (Å²) in [6.07, 6.45) is -4.61. The van der Waals surface area contributed by atoms with Crippen LogP contribution < -0.4 is 0 Å². The van der Waals surface area contributed by atoms with Gasteiger partial charge in [0.2, 0.25) is 21.7 Å². The summed E-state index contributed by atoms with van der Waals surface area (Å²) in [5, 5.41) is 4.00. The van der Waals surface area contributed by atoms with E-state index in [4.69, 9.17) is 4.52 Å². The van der Waals surface area contributed by atoms with Crippen LogP contribution in [-0.2, 0) is 22.7 Å². The number of aryl methyl sites for hydroxylation is 1. The molecule has 0 bridgehead atoms. The summed E-state index contributed by atoms with van der Waals surface area (Å²) in [5.74, 6) is 0.894. The first-order valence-corrected chi connectivity index (χ1v) is 11.4. The maximum atomic E-state index is 13.0. The standard InChI is InChI=1S/C21H21F3N4O3S/c1-15-4-2-5-16(12-15)20-25-19(31-26-20)14-27-8-10-28(11-9-27)32(29,30)18-7-3-6-17(13-18)21(22,23)24/h2-7,12-13H,8-11,14H2,1H3. The SMILES string of the molecule is Cc1cccc(-c2noc(CN3CCN(S(=O)(=O)c4cccc(C(F)(F)F)c4)CC3)n2)c1. The lowest BCUT2D eigenvalue weighted by Gasteiger charge is -2.33. The van der Waals surface area contributed by atoms with Crippen LogP contribution in [0.1, 0.15) is 17.0 Å². The normalized spacial score (nSPS) is 16.4. The summed E-state index contributed by atoms with van der Waals surface area (Å²) >= 11 is 0. The van der Waals surface area contributed by atoms with Gasteiger partial charge < -0.3 is 4.52 Å². The van der Waals surface area contributed by atoms with Crippen molar-refractivity contribution in [2.24, 2.45) is 0 Å². The van der Waals surface area contributed by atoms with Gasteiger partial charge in [0.1, 0.15) is 0 Å². The number of benzene rings is 2. The van der Waals surface area contributed by atoms with E-state index in [1.54, 1.807) is 0 Å². The summed E-state index contributed by atoms with van der Waals surface area (Å²) in [5.41, 5.74) is 0.932. The van der Waals surface area contributed by atoms with Gasteiger partial charge in [-0.3, -0.25) is 4.90 Å². The Morgan fingerprint density at radius 2 is 1.75 bits per heavy atom. The Morgan fingerprint density at radius 3 is 2.44 bits per heavy atom. The molecule has 3 aromatic rings. The first kappa shape index (κ1) is 22.4. The topological polar surface area (TPSA) is 79.5 Å². The first-order valence-electron chi connectivity index (χ1n) is 9.92. The summed E-state index contributed by atoms with van der Waals surface area (Å²) < 4.78 is 71.0. The highest BCUT2D eigenvalue weighted by atomic mass is 32.2. The molecule has 11 heteroatoms. The summed E-state index contributed by atoms with van der Waals surface area (Å²) in [4.78, 5) is 6.01. The lowest BCUT2D eigenvalue weighted by atomic mass is 10.1. The highest BCUT2D eigenvalue weighted by molar-refractivity contribution is 7.89. The van der Waals surface area contributed by atoms with Gasteiger partial charge in [-0.2, -0.15) is 22.5 Å². The second-order valence-electron chi connectivity index (χ2n) is 7.59. The van der Waals surface area contributed by atoms with Gasteiger partial charge in [0, 0.05) is 31.7 Å². The largest absolute Gasteiger partial charge is 0.416 e. The first-order chi connectivity index (χ1) is 15.1. The van der Waals surface area contributed by atoms with Crippen LogP contribution in [0.5, 0.6) is 0 Å². The fraction of sp³-hybridized carbons (Fsp3) is 0.333. The number of hydrogen-bond donors (Lipinski definition) is 0. The van der Waals surface area contributed by atoms with E-state index in [2.05, 4.69) is 10.1 Å². The molecule has 4 rings (SSSR count). The van der Waals surface area contributed by atoms with Crippen LogP contribution in [0.4, 0.5) is 13.2 Å². The predicted molar refractivity (Wildman–Crippen MR) is 110 cm³/mol. The molecule has 1 aliphatic rings. The molecule has 0 amide bonds. The number of rotatable bonds is 5. The van der Waals surface area contributed by atoms with Crippen LogP contribution in [0.15, 0.2) is 57.9 Å². The van der Waals surface area contributed by atoms with E-state index in [1.807, 2.05) is 36.1 Å². The van der Waals surface area contributed by atoms with Crippen molar-refractivity contribution in [1.82, 2.24) is 19.3 Å². The molecule has 170 valence electrons. The molecule has 1 saturated heterocycles. The summed E-state index contributed by atoms with van der Waals surface area (Å²) in [6, 6.07) is 11.5. The number of aromatic nitrogens is 2. The smallest absolute Gasteiger partial charge is 0.338 e. The van der Waals surface area contributed by atoms with Gasteiger partial charge in [0.25, 0.3) is 0 Å². The van der Waals surface area contributed by atoms with Crippen molar-refractivity contribution in [2.75, 3.05) is 26.2 Å². The van der Waals surface area contributed by atoms with E-state index in [9.17, 15) is 21.6 Å². The second-order valence-corrected chi connectivity index (χ2v) is 9.52. The molecule has 0 aliphatic carbocycles. The summed E-state index contributed by atoms with van der Waals surface area (Å²) in [6.45, 7) is 3.41. The average molecular weight is 466 g/mol. The molecular formula is C21H21F3N4O3S. The van der Waals surface area contributed by atoms with Gasteiger partial charge in [0.15, 0.2) is 0 Å². The van der Waals surface area contributed by atoms with E-state index >= 15 is 0 Å². The highest BCUT2D eigenvalue weighted by Gasteiger charge is 2.34.